The van der Waals surface area contributed by atoms with Crippen molar-refractivity contribution in [1.82, 2.24) is 4.90 Å². The van der Waals surface area contributed by atoms with Crippen molar-refractivity contribution in [1.29, 1.82) is 0 Å². The Morgan fingerprint density at radius 3 is 2.29 bits per heavy atom. The summed E-state index contributed by atoms with van der Waals surface area (Å²) in [6, 6.07) is 2.81. The van der Waals surface area contributed by atoms with E-state index in [0.717, 1.165) is 12.1 Å². The summed E-state index contributed by atoms with van der Waals surface area (Å²) in [4.78, 5) is 1.52. The first-order chi connectivity index (χ1) is 9.95. The van der Waals surface area contributed by atoms with E-state index in [9.17, 15) is 29.2 Å². The van der Waals surface area contributed by atoms with Gasteiger partial charge in [0, 0.05) is 18.7 Å². The second kappa shape index (κ2) is 6.76. The molecule has 2 rings (SSSR count). The second-order valence-electron chi connectivity index (χ2n) is 5.24. The number of benzene rings is 1. The van der Waals surface area contributed by atoms with Crippen molar-refractivity contribution in [3.8, 4) is 0 Å². The third-order valence-electron chi connectivity index (χ3n) is 3.93. The van der Waals surface area contributed by atoms with Gasteiger partial charge in [0.05, 0.1) is 18.8 Å². The molecule has 21 heavy (non-hydrogen) atoms. The predicted molar refractivity (Wildman–Crippen MR) is 70.5 cm³/mol. The van der Waals surface area contributed by atoms with E-state index in [1.54, 1.807) is 0 Å². The summed E-state index contributed by atoms with van der Waals surface area (Å²) in [5.41, 5.74) is -0.0794. The van der Waals surface area contributed by atoms with Gasteiger partial charge in [0.15, 0.2) is 0 Å². The van der Waals surface area contributed by atoms with Crippen LogP contribution in [0.15, 0.2) is 18.2 Å². The van der Waals surface area contributed by atoms with Gasteiger partial charge in [-0.2, -0.15) is 0 Å². The predicted octanol–water partition coefficient (Wildman–Crippen LogP) is -0.734. The third kappa shape index (κ3) is 3.38. The van der Waals surface area contributed by atoms with Gasteiger partial charge in [-0.15, -0.1) is 0 Å². The van der Waals surface area contributed by atoms with Crippen LogP contribution in [0, 0.1) is 11.6 Å². The number of likely N-dealkylation sites (tertiary alicyclic amines) is 1. The maximum atomic E-state index is 13.6. The molecule has 0 aliphatic carbocycles. The van der Waals surface area contributed by atoms with Gasteiger partial charge < -0.3 is 20.4 Å². The highest BCUT2D eigenvalue weighted by Crippen LogP contribution is 2.20. The number of nitrogens with zero attached hydrogens (tertiary/aromatic N) is 1. The minimum absolute atomic E-state index is 0.0134. The first-order valence-electron chi connectivity index (χ1n) is 6.77. The van der Waals surface area contributed by atoms with Crippen molar-refractivity contribution in [2.45, 2.75) is 30.8 Å². The van der Waals surface area contributed by atoms with E-state index in [1.165, 1.54) is 11.0 Å². The van der Waals surface area contributed by atoms with Crippen molar-refractivity contribution < 1.29 is 29.2 Å². The zero-order chi connectivity index (χ0) is 15.6. The van der Waals surface area contributed by atoms with E-state index in [-0.39, 0.29) is 25.1 Å². The maximum Gasteiger partial charge on any atom is 0.129 e. The van der Waals surface area contributed by atoms with Crippen LogP contribution in [0.25, 0.3) is 0 Å². The lowest BCUT2D eigenvalue weighted by Gasteiger charge is -2.43. The zero-order valence-corrected chi connectivity index (χ0v) is 11.4. The van der Waals surface area contributed by atoms with Crippen LogP contribution >= 0.6 is 0 Å². The molecule has 1 heterocycles. The van der Waals surface area contributed by atoms with Gasteiger partial charge in [0.1, 0.15) is 23.8 Å². The van der Waals surface area contributed by atoms with Crippen LogP contribution in [0.2, 0.25) is 0 Å². The van der Waals surface area contributed by atoms with Crippen LogP contribution in [-0.2, 0) is 6.42 Å². The molecule has 1 aliphatic heterocycles. The maximum absolute atomic E-state index is 13.6. The summed E-state index contributed by atoms with van der Waals surface area (Å²) in [6.45, 7) is -0.270. The molecule has 0 spiro atoms. The molecule has 1 saturated heterocycles. The van der Waals surface area contributed by atoms with Crippen LogP contribution in [0.3, 0.4) is 0 Å². The molecule has 0 amide bonds. The second-order valence-corrected chi connectivity index (χ2v) is 5.24. The fourth-order valence-corrected chi connectivity index (χ4v) is 2.66. The van der Waals surface area contributed by atoms with Crippen molar-refractivity contribution in [3.05, 3.63) is 35.4 Å². The Bertz CT molecular complexity index is 468. The Morgan fingerprint density at radius 2 is 1.71 bits per heavy atom. The lowest BCUT2D eigenvalue weighted by atomic mass is 9.94. The fourth-order valence-electron chi connectivity index (χ4n) is 2.66. The number of aliphatic hydroxyl groups excluding tert-OH is 4. The van der Waals surface area contributed by atoms with Gasteiger partial charge >= 0.3 is 0 Å². The summed E-state index contributed by atoms with van der Waals surface area (Å²) >= 11 is 0. The van der Waals surface area contributed by atoms with Crippen molar-refractivity contribution in [2.75, 3.05) is 19.7 Å². The molecule has 0 aromatic heterocycles. The fraction of sp³-hybridized carbons (Fsp3) is 0.571. The average Bonchev–Trinajstić information content (AvgIpc) is 2.44. The summed E-state index contributed by atoms with van der Waals surface area (Å²) in [6.07, 6.45) is -3.80. The van der Waals surface area contributed by atoms with Gasteiger partial charge in [0.25, 0.3) is 0 Å². The highest BCUT2D eigenvalue weighted by molar-refractivity contribution is 5.20. The van der Waals surface area contributed by atoms with E-state index in [4.69, 9.17) is 0 Å². The minimum atomic E-state index is -1.34. The number of halogens is 2. The highest BCUT2D eigenvalue weighted by atomic mass is 19.1. The molecule has 1 aromatic carbocycles. The van der Waals surface area contributed by atoms with Gasteiger partial charge in [-0.05, 0) is 18.6 Å². The summed E-state index contributed by atoms with van der Waals surface area (Å²) < 4.78 is 27.1. The number of β-amino-alcohol motifs (C(OH)–C–C–N with tert-alkyl or cyclic N) is 1. The highest BCUT2D eigenvalue weighted by Gasteiger charge is 2.40. The number of hydrogen-bond donors (Lipinski definition) is 4. The number of piperidine rings is 1. The van der Waals surface area contributed by atoms with Crippen LogP contribution in [-0.4, -0.2) is 69.4 Å². The van der Waals surface area contributed by atoms with Crippen LogP contribution in [0.1, 0.15) is 5.56 Å². The van der Waals surface area contributed by atoms with Crippen LogP contribution < -0.4 is 0 Å². The van der Waals surface area contributed by atoms with Crippen LogP contribution in [0.5, 0.6) is 0 Å². The minimum Gasteiger partial charge on any atom is -0.395 e. The van der Waals surface area contributed by atoms with E-state index in [0.29, 0.717) is 0 Å². The molecular weight excluding hydrogens is 284 g/mol. The first kappa shape index (κ1) is 16.3. The molecule has 4 atom stereocenters. The first-order valence-corrected chi connectivity index (χ1v) is 6.77. The molecule has 1 fully saturated rings. The molecule has 7 heteroatoms. The third-order valence-corrected chi connectivity index (χ3v) is 3.93. The molecule has 118 valence electrons. The van der Waals surface area contributed by atoms with E-state index < -0.39 is 42.6 Å². The molecule has 0 saturated carbocycles. The smallest absolute Gasteiger partial charge is 0.129 e. The monoisotopic (exact) mass is 303 g/mol. The number of hydrogen-bond acceptors (Lipinski definition) is 5. The van der Waals surface area contributed by atoms with Gasteiger partial charge in [-0.1, -0.05) is 6.07 Å². The van der Waals surface area contributed by atoms with E-state index >= 15 is 0 Å². The van der Waals surface area contributed by atoms with E-state index in [1.807, 2.05) is 0 Å². The molecular formula is C14H19F2NO4. The molecule has 1 aliphatic rings. The summed E-state index contributed by atoms with van der Waals surface area (Å²) in [5.74, 6) is -1.32. The molecule has 0 unspecified atom stereocenters. The SMILES string of the molecule is OC[C@H]1[C@@H](O)[C@H](O)[C@@H](O)CN1CCc1c(F)cccc1F. The lowest BCUT2D eigenvalue weighted by molar-refractivity contribution is -0.144. The van der Waals surface area contributed by atoms with E-state index in [2.05, 4.69) is 0 Å². The lowest BCUT2D eigenvalue weighted by Crippen LogP contribution is -2.62. The Labute approximate surface area is 121 Å². The van der Waals surface area contributed by atoms with Crippen molar-refractivity contribution in [3.63, 3.8) is 0 Å². The van der Waals surface area contributed by atoms with Gasteiger partial charge in [0.2, 0.25) is 0 Å². The Hall–Kier alpha value is -1.12. The Morgan fingerprint density at radius 1 is 1.10 bits per heavy atom. The standard InChI is InChI=1S/C14H19F2NO4/c15-9-2-1-3-10(16)8(9)4-5-17-6-12(19)14(21)13(20)11(17)7-18/h1-3,11-14,18-21H,4-7H2/t11-,12-,13+,14+/m0/s1. The quantitative estimate of drug-likeness (QED) is 0.589. The van der Waals surface area contributed by atoms with Crippen molar-refractivity contribution in [2.24, 2.45) is 0 Å². The number of rotatable bonds is 4. The molecule has 1 aromatic rings. The van der Waals surface area contributed by atoms with Crippen LogP contribution in [0.4, 0.5) is 8.78 Å². The molecule has 0 bridgehead atoms. The normalized spacial score (nSPS) is 30.6. The van der Waals surface area contributed by atoms with Crippen molar-refractivity contribution >= 4 is 0 Å². The average molecular weight is 303 g/mol. The number of aliphatic hydroxyl groups is 4. The topological polar surface area (TPSA) is 84.2 Å². The van der Waals surface area contributed by atoms with Gasteiger partial charge in [-0.25, -0.2) is 8.78 Å². The summed E-state index contributed by atoms with van der Waals surface area (Å²) in [7, 11) is 0. The largest absolute Gasteiger partial charge is 0.395 e. The Kier molecular flexibility index (Phi) is 5.23. The molecule has 5 nitrogen and oxygen atoms in total. The molecule has 0 radical (unpaired) electrons. The Balaban J connectivity index is 2.07. The zero-order valence-electron chi connectivity index (χ0n) is 11.4. The summed E-state index contributed by atoms with van der Waals surface area (Å²) in [5, 5.41) is 38.4. The molecule has 4 N–H and O–H groups in total. The van der Waals surface area contributed by atoms with Gasteiger partial charge in [-0.3, -0.25) is 4.90 Å².